The highest BCUT2D eigenvalue weighted by Gasteiger charge is 2.36. The predicted octanol–water partition coefficient (Wildman–Crippen LogP) is 11.1. The van der Waals surface area contributed by atoms with Crippen molar-refractivity contribution in [3.63, 3.8) is 0 Å². The Labute approximate surface area is 293 Å². The van der Waals surface area contributed by atoms with Crippen LogP contribution in [0, 0.1) is 0 Å². The lowest BCUT2D eigenvalue weighted by Crippen LogP contribution is -2.15. The number of hydrogen-bond donors (Lipinski definition) is 0. The second-order valence-electron chi connectivity index (χ2n) is 14.6. The van der Waals surface area contributed by atoms with Crippen LogP contribution >= 0.6 is 0 Å². The number of nitrogens with zero attached hydrogens (tertiary/aromatic N) is 3. The summed E-state index contributed by atoms with van der Waals surface area (Å²) in [6.45, 7) is 4.74. The molecule has 0 unspecified atom stereocenters. The minimum atomic E-state index is -0.00811. The van der Waals surface area contributed by atoms with Gasteiger partial charge in [-0.15, -0.1) is 0 Å². The molecular formula is C47H37N3. The molecule has 3 aliphatic rings. The number of benzene rings is 6. The summed E-state index contributed by atoms with van der Waals surface area (Å²) in [6.07, 6.45) is 5.23. The van der Waals surface area contributed by atoms with Gasteiger partial charge in [0.05, 0.1) is 0 Å². The van der Waals surface area contributed by atoms with Crippen molar-refractivity contribution in [2.45, 2.75) is 51.4 Å². The van der Waals surface area contributed by atoms with Crippen LogP contribution in [0.4, 0.5) is 0 Å². The fourth-order valence-corrected chi connectivity index (χ4v) is 8.82. The van der Waals surface area contributed by atoms with Crippen LogP contribution in [0.3, 0.4) is 0 Å². The van der Waals surface area contributed by atoms with E-state index in [2.05, 4.69) is 135 Å². The highest BCUT2D eigenvalue weighted by atomic mass is 15.0. The Morgan fingerprint density at radius 1 is 0.400 bits per heavy atom. The van der Waals surface area contributed by atoms with Crippen molar-refractivity contribution in [1.82, 2.24) is 15.0 Å². The minimum absolute atomic E-state index is 0.00811. The first kappa shape index (κ1) is 29.3. The predicted molar refractivity (Wildman–Crippen MR) is 204 cm³/mol. The van der Waals surface area contributed by atoms with Gasteiger partial charge in [-0.2, -0.15) is 0 Å². The molecule has 0 saturated heterocycles. The molecule has 0 spiro atoms. The SMILES string of the molecule is CC1(C)c2ccccc2-c2cc3c(cc21)CCCc1c(-c2nc(-c4ccccc4)nc(-c4ccc5c(c4)-c4ccccc4CC5)n2)cccc1-3. The van der Waals surface area contributed by atoms with Gasteiger partial charge in [-0.3, -0.25) is 0 Å². The van der Waals surface area contributed by atoms with Crippen molar-refractivity contribution >= 4 is 0 Å². The maximum absolute atomic E-state index is 5.28. The summed E-state index contributed by atoms with van der Waals surface area (Å²) >= 11 is 0. The van der Waals surface area contributed by atoms with E-state index in [0.29, 0.717) is 11.6 Å². The lowest BCUT2D eigenvalue weighted by atomic mass is 9.81. The van der Waals surface area contributed by atoms with Crippen LogP contribution in [-0.2, 0) is 31.1 Å². The molecule has 0 saturated carbocycles. The molecule has 1 heterocycles. The van der Waals surface area contributed by atoms with E-state index < -0.39 is 0 Å². The first-order valence-corrected chi connectivity index (χ1v) is 18.0. The highest BCUT2D eigenvalue weighted by molar-refractivity contribution is 5.88. The number of aryl methyl sites for hydroxylation is 3. The average Bonchev–Trinajstić information content (AvgIpc) is 3.26. The van der Waals surface area contributed by atoms with Gasteiger partial charge in [-0.25, -0.2) is 15.0 Å². The number of fused-ring (bicyclic) bond motifs is 9. The van der Waals surface area contributed by atoms with Gasteiger partial charge in [0, 0.05) is 22.1 Å². The molecule has 0 fully saturated rings. The molecule has 10 rings (SSSR count). The number of hydrogen-bond acceptors (Lipinski definition) is 3. The minimum Gasteiger partial charge on any atom is -0.208 e. The molecule has 0 N–H and O–H groups in total. The van der Waals surface area contributed by atoms with Crippen LogP contribution in [-0.4, -0.2) is 15.0 Å². The summed E-state index contributed by atoms with van der Waals surface area (Å²) in [6, 6.07) is 46.5. The van der Waals surface area contributed by atoms with E-state index in [0.717, 1.165) is 54.6 Å². The Morgan fingerprint density at radius 2 is 1.06 bits per heavy atom. The maximum Gasteiger partial charge on any atom is 0.164 e. The van der Waals surface area contributed by atoms with Gasteiger partial charge in [0.2, 0.25) is 0 Å². The van der Waals surface area contributed by atoms with E-state index in [-0.39, 0.29) is 5.41 Å². The van der Waals surface area contributed by atoms with Gasteiger partial charge in [0.25, 0.3) is 0 Å². The van der Waals surface area contributed by atoms with Crippen molar-refractivity contribution < 1.29 is 0 Å². The van der Waals surface area contributed by atoms with Gasteiger partial charge in [-0.1, -0.05) is 129 Å². The van der Waals surface area contributed by atoms with Crippen molar-refractivity contribution in [3.05, 3.63) is 161 Å². The van der Waals surface area contributed by atoms with Crippen molar-refractivity contribution in [2.75, 3.05) is 0 Å². The third-order valence-corrected chi connectivity index (χ3v) is 11.4. The fourth-order valence-electron chi connectivity index (χ4n) is 8.82. The quantitative estimate of drug-likeness (QED) is 0.192. The molecule has 50 heavy (non-hydrogen) atoms. The first-order chi connectivity index (χ1) is 24.5. The Balaban J connectivity index is 1.15. The zero-order valence-corrected chi connectivity index (χ0v) is 28.5. The third-order valence-electron chi connectivity index (χ3n) is 11.4. The van der Waals surface area contributed by atoms with Crippen LogP contribution < -0.4 is 0 Å². The molecule has 6 aromatic carbocycles. The van der Waals surface area contributed by atoms with Gasteiger partial charge in [-0.05, 0) is 111 Å². The summed E-state index contributed by atoms with van der Waals surface area (Å²) in [7, 11) is 0. The van der Waals surface area contributed by atoms with Crippen LogP contribution in [0.2, 0.25) is 0 Å². The van der Waals surface area contributed by atoms with E-state index in [1.807, 2.05) is 6.07 Å². The molecular weight excluding hydrogens is 607 g/mol. The van der Waals surface area contributed by atoms with Crippen LogP contribution in [0.1, 0.15) is 53.6 Å². The standard InChI is InChI=1S/C47H37N3/c1-47(2)42-21-9-8-17-37(42)41-28-40-32(27-43(41)47)15-10-18-35-36(40)19-11-20-38(35)46-49-44(31-13-4-3-5-14-31)48-45(50-46)33-25-24-30-23-22-29-12-6-7-16-34(29)39(30)26-33/h3-9,11-14,16-17,19-21,24-28H,10,15,18,22-23H2,1-2H3. The first-order valence-electron chi connectivity index (χ1n) is 18.0. The molecule has 240 valence electrons. The van der Waals surface area contributed by atoms with Crippen LogP contribution in [0.25, 0.3) is 67.5 Å². The Hall–Kier alpha value is -5.67. The molecule has 0 bridgehead atoms. The largest absolute Gasteiger partial charge is 0.208 e. The topological polar surface area (TPSA) is 38.7 Å². The molecule has 3 aliphatic carbocycles. The number of rotatable bonds is 3. The van der Waals surface area contributed by atoms with Crippen molar-refractivity contribution in [2.24, 2.45) is 0 Å². The second kappa shape index (κ2) is 11.2. The third kappa shape index (κ3) is 4.53. The maximum atomic E-state index is 5.28. The normalized spacial score (nSPS) is 14.8. The van der Waals surface area contributed by atoms with Crippen molar-refractivity contribution in [1.29, 1.82) is 0 Å². The van der Waals surface area contributed by atoms with Crippen LogP contribution in [0.15, 0.2) is 127 Å². The molecule has 0 amide bonds. The zero-order valence-electron chi connectivity index (χ0n) is 28.5. The fraction of sp³-hybridized carbons (Fsp3) is 0.170. The van der Waals surface area contributed by atoms with Gasteiger partial charge < -0.3 is 0 Å². The Kier molecular flexibility index (Phi) is 6.54. The van der Waals surface area contributed by atoms with Crippen molar-refractivity contribution in [3.8, 4) is 67.5 Å². The molecule has 0 radical (unpaired) electrons. The van der Waals surface area contributed by atoms with E-state index in [4.69, 9.17) is 15.0 Å². The zero-order chi connectivity index (χ0) is 33.4. The lowest BCUT2D eigenvalue weighted by molar-refractivity contribution is 0.659. The van der Waals surface area contributed by atoms with Gasteiger partial charge in [0.1, 0.15) is 0 Å². The van der Waals surface area contributed by atoms with E-state index in [9.17, 15) is 0 Å². The lowest BCUT2D eigenvalue weighted by Gasteiger charge is -2.23. The Morgan fingerprint density at radius 3 is 1.92 bits per heavy atom. The summed E-state index contributed by atoms with van der Waals surface area (Å²) in [4.78, 5) is 15.6. The summed E-state index contributed by atoms with van der Waals surface area (Å²) in [5.74, 6) is 2.15. The van der Waals surface area contributed by atoms with Crippen LogP contribution in [0.5, 0.6) is 0 Å². The molecule has 3 heteroatoms. The molecule has 0 aliphatic heterocycles. The molecule has 3 nitrogen and oxygen atoms in total. The number of aromatic nitrogens is 3. The summed E-state index contributed by atoms with van der Waals surface area (Å²) < 4.78 is 0. The van der Waals surface area contributed by atoms with E-state index in [1.165, 1.54) is 66.8 Å². The van der Waals surface area contributed by atoms with Gasteiger partial charge >= 0.3 is 0 Å². The molecule has 1 aromatic heterocycles. The van der Waals surface area contributed by atoms with E-state index >= 15 is 0 Å². The van der Waals surface area contributed by atoms with E-state index in [1.54, 1.807) is 0 Å². The summed E-state index contributed by atoms with van der Waals surface area (Å²) in [5.41, 5.74) is 19.5. The summed E-state index contributed by atoms with van der Waals surface area (Å²) in [5, 5.41) is 0. The smallest absolute Gasteiger partial charge is 0.164 e. The average molecular weight is 644 g/mol. The Bertz CT molecular complexity index is 2490. The second-order valence-corrected chi connectivity index (χ2v) is 14.6. The van der Waals surface area contributed by atoms with Gasteiger partial charge in [0.15, 0.2) is 17.5 Å². The highest BCUT2D eigenvalue weighted by Crippen LogP contribution is 2.51. The molecule has 7 aromatic rings. The monoisotopic (exact) mass is 643 g/mol. The molecule has 0 atom stereocenters.